The fourth-order valence-corrected chi connectivity index (χ4v) is 4.79. The van der Waals surface area contributed by atoms with E-state index >= 15 is 0 Å². The molecule has 0 saturated carbocycles. The van der Waals surface area contributed by atoms with Crippen LogP contribution in [0.4, 0.5) is 5.69 Å². The molecule has 0 atom stereocenters. The fraction of sp³-hybridized carbons (Fsp3) is 0.200. The Morgan fingerprint density at radius 2 is 1.72 bits per heavy atom. The maximum absolute atomic E-state index is 13.1. The predicted octanol–water partition coefficient (Wildman–Crippen LogP) is 3.91. The molecule has 0 spiro atoms. The Morgan fingerprint density at radius 1 is 0.960 bits per heavy atom. The lowest BCUT2D eigenvalue weighted by atomic mass is 10.0. The molecule has 0 amide bonds. The summed E-state index contributed by atoms with van der Waals surface area (Å²) in [5, 5.41) is 2.07. The summed E-state index contributed by atoms with van der Waals surface area (Å²) in [4.78, 5) is 0.330. The summed E-state index contributed by atoms with van der Waals surface area (Å²) in [5.41, 5.74) is 2.87. The first-order valence-electron chi connectivity index (χ1n) is 8.19. The molecule has 0 unspecified atom stereocenters. The van der Waals surface area contributed by atoms with Crippen molar-refractivity contribution in [1.82, 2.24) is 0 Å². The lowest BCUT2D eigenvalue weighted by Crippen LogP contribution is -2.29. The number of rotatable bonds is 3. The van der Waals surface area contributed by atoms with Crippen LogP contribution in [0.1, 0.15) is 11.1 Å². The zero-order chi connectivity index (χ0) is 17.6. The average molecular weight is 353 g/mol. The topological polar surface area (TPSA) is 46.6 Å². The number of nitrogens with zero attached hydrogens (tertiary/aromatic N) is 1. The fourth-order valence-electron chi connectivity index (χ4n) is 3.30. The van der Waals surface area contributed by atoms with Gasteiger partial charge in [-0.25, -0.2) is 8.42 Å². The van der Waals surface area contributed by atoms with Crippen LogP contribution in [-0.4, -0.2) is 22.1 Å². The van der Waals surface area contributed by atoms with Gasteiger partial charge in [-0.15, -0.1) is 0 Å². The van der Waals surface area contributed by atoms with E-state index in [4.69, 9.17) is 4.74 Å². The van der Waals surface area contributed by atoms with E-state index in [0.29, 0.717) is 11.4 Å². The molecular weight excluding hydrogens is 334 g/mol. The van der Waals surface area contributed by atoms with Crippen LogP contribution in [0.25, 0.3) is 10.8 Å². The van der Waals surface area contributed by atoms with E-state index in [-0.39, 0.29) is 0 Å². The molecule has 25 heavy (non-hydrogen) atoms. The highest BCUT2D eigenvalue weighted by Crippen LogP contribution is 2.37. The molecule has 4 rings (SSSR count). The predicted molar refractivity (Wildman–Crippen MR) is 99.9 cm³/mol. The zero-order valence-corrected chi connectivity index (χ0v) is 15.0. The van der Waals surface area contributed by atoms with Crippen molar-refractivity contribution >= 4 is 26.5 Å². The molecule has 3 aromatic rings. The van der Waals surface area contributed by atoms with Crippen LogP contribution in [0.2, 0.25) is 0 Å². The first-order chi connectivity index (χ1) is 12.0. The highest BCUT2D eigenvalue weighted by Gasteiger charge is 2.31. The van der Waals surface area contributed by atoms with E-state index in [0.717, 1.165) is 39.8 Å². The number of benzene rings is 3. The SMILES string of the molecule is COc1ccc2cc3c(cc2c1)N(S(=O)(=O)c1ccc(C)cc1)CC3. The number of aryl methyl sites for hydroxylation is 1. The summed E-state index contributed by atoms with van der Waals surface area (Å²) in [5.74, 6) is 0.762. The van der Waals surface area contributed by atoms with Gasteiger partial charge in [0.05, 0.1) is 17.7 Å². The minimum atomic E-state index is -3.55. The Kier molecular flexibility index (Phi) is 3.69. The van der Waals surface area contributed by atoms with Crippen molar-refractivity contribution in [3.63, 3.8) is 0 Å². The lowest BCUT2D eigenvalue weighted by Gasteiger charge is -2.20. The number of fused-ring (bicyclic) bond motifs is 2. The van der Waals surface area contributed by atoms with Crippen molar-refractivity contribution in [3.05, 3.63) is 65.7 Å². The van der Waals surface area contributed by atoms with E-state index in [1.807, 2.05) is 43.3 Å². The van der Waals surface area contributed by atoms with Gasteiger partial charge < -0.3 is 4.74 Å². The Hall–Kier alpha value is -2.53. The van der Waals surface area contributed by atoms with Crippen LogP contribution in [0, 0.1) is 6.92 Å². The quantitative estimate of drug-likeness (QED) is 0.717. The summed E-state index contributed by atoms with van der Waals surface area (Å²) in [7, 11) is -1.92. The number of sulfonamides is 1. The highest BCUT2D eigenvalue weighted by molar-refractivity contribution is 7.92. The molecule has 0 N–H and O–H groups in total. The summed E-state index contributed by atoms with van der Waals surface area (Å²) in [6, 6.07) is 16.9. The second-order valence-electron chi connectivity index (χ2n) is 6.33. The van der Waals surface area contributed by atoms with Gasteiger partial charge in [0.15, 0.2) is 0 Å². The van der Waals surface area contributed by atoms with Crippen molar-refractivity contribution < 1.29 is 13.2 Å². The first-order valence-corrected chi connectivity index (χ1v) is 9.63. The van der Waals surface area contributed by atoms with Gasteiger partial charge in [-0.05, 0) is 66.1 Å². The monoisotopic (exact) mass is 353 g/mol. The number of ether oxygens (including phenoxy) is 1. The van der Waals surface area contributed by atoms with Crippen LogP contribution < -0.4 is 9.04 Å². The largest absolute Gasteiger partial charge is 0.497 e. The van der Waals surface area contributed by atoms with Gasteiger partial charge in [0.25, 0.3) is 10.0 Å². The standard InChI is InChI=1S/C20H19NO3S/c1-14-3-7-19(8-4-14)25(22,23)21-10-9-16-11-15-5-6-18(24-2)12-17(15)13-20(16)21/h3-8,11-13H,9-10H2,1-2H3. The molecule has 0 saturated heterocycles. The molecule has 128 valence electrons. The molecule has 4 nitrogen and oxygen atoms in total. The highest BCUT2D eigenvalue weighted by atomic mass is 32.2. The molecular formula is C20H19NO3S. The van der Waals surface area contributed by atoms with E-state index in [9.17, 15) is 8.42 Å². The third-order valence-corrected chi connectivity index (χ3v) is 6.53. The molecule has 1 heterocycles. The maximum atomic E-state index is 13.1. The summed E-state index contributed by atoms with van der Waals surface area (Å²) in [6.07, 6.45) is 0.725. The molecule has 0 aromatic heterocycles. The third kappa shape index (κ3) is 2.65. The van der Waals surface area contributed by atoms with Crippen LogP contribution >= 0.6 is 0 Å². The van der Waals surface area contributed by atoms with Gasteiger partial charge in [0, 0.05) is 6.54 Å². The van der Waals surface area contributed by atoms with Crippen molar-refractivity contribution in [2.45, 2.75) is 18.2 Å². The molecule has 0 aliphatic carbocycles. The van der Waals surface area contributed by atoms with Gasteiger partial charge in [-0.3, -0.25) is 4.31 Å². The first kappa shape index (κ1) is 16.0. The maximum Gasteiger partial charge on any atom is 0.264 e. The minimum absolute atomic E-state index is 0.330. The molecule has 0 bridgehead atoms. The minimum Gasteiger partial charge on any atom is -0.497 e. The van der Waals surface area contributed by atoms with Crippen LogP contribution in [0.5, 0.6) is 5.75 Å². The Labute approximate surface area is 147 Å². The number of methoxy groups -OCH3 is 1. The van der Waals surface area contributed by atoms with Gasteiger partial charge in [0.2, 0.25) is 0 Å². The van der Waals surface area contributed by atoms with E-state index in [1.54, 1.807) is 19.2 Å². The summed E-state index contributed by atoms with van der Waals surface area (Å²) >= 11 is 0. The average Bonchev–Trinajstić information content (AvgIpc) is 3.03. The molecule has 1 aliphatic rings. The molecule has 0 fully saturated rings. The summed E-state index contributed by atoms with van der Waals surface area (Å²) < 4.78 is 32.9. The summed E-state index contributed by atoms with van der Waals surface area (Å²) in [6.45, 7) is 2.42. The van der Waals surface area contributed by atoms with Gasteiger partial charge >= 0.3 is 0 Å². The molecule has 3 aromatic carbocycles. The smallest absolute Gasteiger partial charge is 0.264 e. The number of anilines is 1. The van der Waals surface area contributed by atoms with Crippen LogP contribution in [0.3, 0.4) is 0 Å². The second kappa shape index (κ2) is 5.77. The molecule has 5 heteroatoms. The normalized spacial score (nSPS) is 13.9. The Balaban J connectivity index is 1.82. The van der Waals surface area contributed by atoms with E-state index in [1.165, 1.54) is 4.31 Å². The van der Waals surface area contributed by atoms with Crippen LogP contribution in [-0.2, 0) is 16.4 Å². The van der Waals surface area contributed by atoms with E-state index < -0.39 is 10.0 Å². The third-order valence-electron chi connectivity index (χ3n) is 4.71. The Bertz CT molecular complexity index is 1060. The molecule has 0 radical (unpaired) electrons. The van der Waals surface area contributed by atoms with E-state index in [2.05, 4.69) is 6.07 Å². The van der Waals surface area contributed by atoms with Gasteiger partial charge in [-0.2, -0.15) is 0 Å². The second-order valence-corrected chi connectivity index (χ2v) is 8.20. The van der Waals surface area contributed by atoms with Crippen molar-refractivity contribution in [1.29, 1.82) is 0 Å². The number of hydrogen-bond donors (Lipinski definition) is 0. The van der Waals surface area contributed by atoms with Gasteiger partial charge in [0.1, 0.15) is 5.75 Å². The van der Waals surface area contributed by atoms with Crippen molar-refractivity contribution in [2.24, 2.45) is 0 Å². The lowest BCUT2D eigenvalue weighted by molar-refractivity contribution is 0.415. The Morgan fingerprint density at radius 3 is 2.44 bits per heavy atom. The van der Waals surface area contributed by atoms with Crippen molar-refractivity contribution in [3.8, 4) is 5.75 Å². The zero-order valence-electron chi connectivity index (χ0n) is 14.2. The van der Waals surface area contributed by atoms with Crippen LogP contribution in [0.15, 0.2) is 59.5 Å². The molecule has 1 aliphatic heterocycles. The van der Waals surface area contributed by atoms with Gasteiger partial charge in [-0.1, -0.05) is 23.8 Å². The van der Waals surface area contributed by atoms with Crippen molar-refractivity contribution in [2.75, 3.05) is 18.0 Å². The number of hydrogen-bond acceptors (Lipinski definition) is 3.